The van der Waals surface area contributed by atoms with Gasteiger partial charge in [-0.25, -0.2) is 0 Å². The second kappa shape index (κ2) is 6.02. The Kier molecular flexibility index (Phi) is 4.07. The summed E-state index contributed by atoms with van der Waals surface area (Å²) in [7, 11) is 0. The third-order valence-electron chi connectivity index (χ3n) is 3.84. The number of aromatic nitrogens is 1. The average Bonchev–Trinajstić information content (AvgIpc) is 3.37. The molecule has 0 aliphatic heterocycles. The molecule has 1 aliphatic carbocycles. The molecular formula is C17H15F3N2O. The largest absolute Gasteiger partial charge is 0.416 e. The quantitative estimate of drug-likeness (QED) is 0.856. The van der Waals surface area contributed by atoms with Gasteiger partial charge in [0.05, 0.1) is 5.56 Å². The van der Waals surface area contributed by atoms with Crippen molar-refractivity contribution in [1.29, 1.82) is 0 Å². The number of hydrogen-bond acceptors (Lipinski definition) is 2. The molecule has 23 heavy (non-hydrogen) atoms. The Labute approximate surface area is 131 Å². The van der Waals surface area contributed by atoms with Crippen LogP contribution in [0.4, 0.5) is 13.2 Å². The molecule has 1 heterocycles. The van der Waals surface area contributed by atoms with Gasteiger partial charge >= 0.3 is 6.18 Å². The van der Waals surface area contributed by atoms with E-state index in [2.05, 4.69) is 4.98 Å². The number of alkyl halides is 3. The number of rotatable bonds is 4. The summed E-state index contributed by atoms with van der Waals surface area (Å²) in [6.07, 6.45) is 0.228. The number of carbonyl (C=O) groups is 1. The third kappa shape index (κ3) is 3.52. The highest BCUT2D eigenvalue weighted by Crippen LogP contribution is 2.35. The normalized spacial score (nSPS) is 14.6. The highest BCUT2D eigenvalue weighted by atomic mass is 19.4. The van der Waals surface area contributed by atoms with Crippen LogP contribution in [0.25, 0.3) is 0 Å². The van der Waals surface area contributed by atoms with E-state index in [1.807, 2.05) is 0 Å². The van der Waals surface area contributed by atoms with Crippen LogP contribution in [-0.4, -0.2) is 21.8 Å². The monoisotopic (exact) mass is 320 g/mol. The van der Waals surface area contributed by atoms with E-state index in [1.54, 1.807) is 18.2 Å². The van der Waals surface area contributed by atoms with E-state index in [-0.39, 0.29) is 24.1 Å². The lowest BCUT2D eigenvalue weighted by molar-refractivity contribution is -0.138. The van der Waals surface area contributed by atoms with E-state index < -0.39 is 11.7 Å². The Morgan fingerprint density at radius 1 is 1.13 bits per heavy atom. The zero-order valence-corrected chi connectivity index (χ0v) is 12.3. The van der Waals surface area contributed by atoms with Gasteiger partial charge in [0.1, 0.15) is 0 Å². The summed E-state index contributed by atoms with van der Waals surface area (Å²) < 4.78 is 39.4. The Balaban J connectivity index is 1.89. The maximum atomic E-state index is 13.1. The molecule has 0 unspecified atom stereocenters. The van der Waals surface area contributed by atoms with Gasteiger partial charge in [0.2, 0.25) is 0 Å². The number of hydrogen-bond donors (Lipinski definition) is 0. The topological polar surface area (TPSA) is 33.2 Å². The lowest BCUT2D eigenvalue weighted by Crippen LogP contribution is -2.33. The van der Waals surface area contributed by atoms with Crippen molar-refractivity contribution in [3.63, 3.8) is 0 Å². The summed E-state index contributed by atoms with van der Waals surface area (Å²) in [5, 5.41) is 0. The SMILES string of the molecule is O=C(c1ccncc1)N(Cc1ccccc1C(F)(F)F)C1CC1. The summed E-state index contributed by atoms with van der Waals surface area (Å²) in [4.78, 5) is 18.0. The minimum absolute atomic E-state index is 0.0111. The molecule has 0 saturated heterocycles. The first kappa shape index (κ1) is 15.5. The van der Waals surface area contributed by atoms with Gasteiger partial charge in [0.25, 0.3) is 5.91 Å². The number of benzene rings is 1. The lowest BCUT2D eigenvalue weighted by Gasteiger charge is -2.24. The molecule has 0 spiro atoms. The molecule has 0 radical (unpaired) electrons. The number of amides is 1. The summed E-state index contributed by atoms with van der Waals surface area (Å²) in [5.74, 6) is -0.258. The highest BCUT2D eigenvalue weighted by molar-refractivity contribution is 5.94. The van der Waals surface area contributed by atoms with E-state index in [0.717, 1.165) is 18.9 Å². The molecule has 3 rings (SSSR count). The van der Waals surface area contributed by atoms with Crippen LogP contribution < -0.4 is 0 Å². The van der Waals surface area contributed by atoms with Crippen molar-refractivity contribution < 1.29 is 18.0 Å². The first-order valence-electron chi connectivity index (χ1n) is 7.33. The van der Waals surface area contributed by atoms with Crippen molar-refractivity contribution in [2.24, 2.45) is 0 Å². The fourth-order valence-electron chi connectivity index (χ4n) is 2.53. The van der Waals surface area contributed by atoms with Crippen molar-refractivity contribution >= 4 is 5.91 Å². The summed E-state index contributed by atoms with van der Waals surface area (Å²) in [6, 6.07) is 8.57. The van der Waals surface area contributed by atoms with Crippen molar-refractivity contribution in [3.8, 4) is 0 Å². The first-order valence-corrected chi connectivity index (χ1v) is 7.33. The van der Waals surface area contributed by atoms with E-state index >= 15 is 0 Å². The lowest BCUT2D eigenvalue weighted by atomic mass is 10.1. The minimum Gasteiger partial charge on any atom is -0.331 e. The number of carbonyl (C=O) groups excluding carboxylic acids is 1. The summed E-state index contributed by atoms with van der Waals surface area (Å²) in [6.45, 7) is -0.0402. The predicted octanol–water partition coefficient (Wildman–Crippen LogP) is 3.91. The maximum Gasteiger partial charge on any atom is 0.416 e. The van der Waals surface area contributed by atoms with E-state index in [9.17, 15) is 18.0 Å². The maximum absolute atomic E-state index is 13.1. The zero-order valence-electron chi connectivity index (χ0n) is 12.3. The van der Waals surface area contributed by atoms with Crippen LogP contribution in [0.2, 0.25) is 0 Å². The number of nitrogens with zero attached hydrogens (tertiary/aromatic N) is 2. The van der Waals surface area contributed by atoms with Gasteiger partial charge in [-0.05, 0) is 36.6 Å². The van der Waals surface area contributed by atoms with Crippen LogP contribution in [0.1, 0.15) is 34.3 Å². The molecule has 6 heteroatoms. The van der Waals surface area contributed by atoms with Gasteiger partial charge in [-0.15, -0.1) is 0 Å². The van der Waals surface area contributed by atoms with Crippen LogP contribution in [0.3, 0.4) is 0 Å². The standard InChI is InChI=1S/C17H15F3N2O/c18-17(19,20)15-4-2-1-3-13(15)11-22(14-5-6-14)16(23)12-7-9-21-10-8-12/h1-4,7-10,14H,5-6,11H2. The van der Waals surface area contributed by atoms with Crippen LogP contribution in [0, 0.1) is 0 Å². The van der Waals surface area contributed by atoms with Gasteiger partial charge in [-0.2, -0.15) is 13.2 Å². The Hall–Kier alpha value is -2.37. The molecule has 1 saturated carbocycles. The predicted molar refractivity (Wildman–Crippen MR) is 78.6 cm³/mol. The first-order chi connectivity index (χ1) is 11.0. The van der Waals surface area contributed by atoms with Crippen molar-refractivity contribution in [2.75, 3.05) is 0 Å². The molecule has 0 bridgehead atoms. The Morgan fingerprint density at radius 2 is 1.78 bits per heavy atom. The number of halogens is 3. The van der Waals surface area contributed by atoms with Gasteiger partial charge in [0.15, 0.2) is 0 Å². The van der Waals surface area contributed by atoms with Gasteiger partial charge < -0.3 is 4.90 Å². The van der Waals surface area contributed by atoms with Crippen molar-refractivity contribution in [2.45, 2.75) is 31.6 Å². The average molecular weight is 320 g/mol. The summed E-state index contributed by atoms with van der Waals surface area (Å²) >= 11 is 0. The molecule has 2 aromatic rings. The van der Waals surface area contributed by atoms with E-state index in [1.165, 1.54) is 29.4 Å². The van der Waals surface area contributed by atoms with Crippen LogP contribution in [-0.2, 0) is 12.7 Å². The zero-order chi connectivity index (χ0) is 16.4. The molecule has 1 fully saturated rings. The van der Waals surface area contributed by atoms with Crippen molar-refractivity contribution in [3.05, 3.63) is 65.5 Å². The van der Waals surface area contributed by atoms with E-state index in [0.29, 0.717) is 5.56 Å². The molecule has 3 nitrogen and oxygen atoms in total. The molecule has 1 aliphatic rings. The summed E-state index contributed by atoms with van der Waals surface area (Å²) in [5.41, 5.74) is -0.126. The second-order valence-corrected chi connectivity index (χ2v) is 5.56. The minimum atomic E-state index is -4.43. The van der Waals surface area contributed by atoms with Crippen molar-refractivity contribution in [1.82, 2.24) is 9.88 Å². The van der Waals surface area contributed by atoms with Crippen LogP contribution in [0.15, 0.2) is 48.8 Å². The highest BCUT2D eigenvalue weighted by Gasteiger charge is 2.37. The van der Waals surface area contributed by atoms with Crippen LogP contribution in [0.5, 0.6) is 0 Å². The fraction of sp³-hybridized carbons (Fsp3) is 0.294. The van der Waals surface area contributed by atoms with Gasteiger partial charge in [-0.1, -0.05) is 18.2 Å². The Morgan fingerprint density at radius 3 is 2.39 bits per heavy atom. The smallest absolute Gasteiger partial charge is 0.331 e. The molecule has 0 atom stereocenters. The molecule has 120 valence electrons. The molecule has 1 aromatic heterocycles. The molecule has 1 aromatic carbocycles. The third-order valence-corrected chi connectivity index (χ3v) is 3.84. The van der Waals surface area contributed by atoms with Gasteiger partial charge in [-0.3, -0.25) is 9.78 Å². The van der Waals surface area contributed by atoms with Gasteiger partial charge in [0, 0.05) is 30.5 Å². The second-order valence-electron chi connectivity index (χ2n) is 5.56. The molecular weight excluding hydrogens is 305 g/mol. The molecule has 1 amide bonds. The molecule has 0 N–H and O–H groups in total. The fourth-order valence-corrected chi connectivity index (χ4v) is 2.53. The number of pyridine rings is 1. The van der Waals surface area contributed by atoms with E-state index in [4.69, 9.17) is 0 Å². The Bertz CT molecular complexity index is 696. The van der Waals surface area contributed by atoms with Crippen LogP contribution >= 0.6 is 0 Å².